The van der Waals surface area contributed by atoms with Crippen LogP contribution in [-0.4, -0.2) is 67.7 Å². The van der Waals surface area contributed by atoms with Gasteiger partial charge in [-0.05, 0) is 19.4 Å². The summed E-state index contributed by atoms with van der Waals surface area (Å²) in [6.07, 6.45) is 0. The molecule has 2 atom stereocenters. The number of carbonyl (C=O) groups excluding carboxylic acids is 2. The molecule has 1 fully saturated rings. The van der Waals surface area contributed by atoms with E-state index >= 15 is 0 Å². The summed E-state index contributed by atoms with van der Waals surface area (Å²) < 4.78 is 0. The molecule has 0 bridgehead atoms. The number of Topliss-reactive ketones (excluding diaryl/α,β-unsaturated/α-hetero) is 1. The summed E-state index contributed by atoms with van der Waals surface area (Å²) in [5.74, 6) is -3.07. The van der Waals surface area contributed by atoms with Crippen molar-refractivity contribution in [1.82, 2.24) is 19.8 Å². The van der Waals surface area contributed by atoms with E-state index in [0.29, 0.717) is 17.9 Å². The Morgan fingerprint density at radius 2 is 1.84 bits per heavy atom. The van der Waals surface area contributed by atoms with Gasteiger partial charge < -0.3 is 10.0 Å². The summed E-state index contributed by atoms with van der Waals surface area (Å²) >= 11 is 7.32. The molecular formula is C22H21ClN4O4S. The van der Waals surface area contributed by atoms with E-state index < -0.39 is 11.8 Å². The highest BCUT2D eigenvalue weighted by Gasteiger charge is 2.34. The summed E-state index contributed by atoms with van der Waals surface area (Å²) in [5.41, 5.74) is 1.12. The Balaban J connectivity index is 1.59. The third-order valence-corrected chi connectivity index (χ3v) is 6.74. The predicted molar refractivity (Wildman–Crippen MR) is 121 cm³/mol. The number of carboxylic acid groups (broad SMARTS) is 1. The first kappa shape index (κ1) is 22.3. The van der Waals surface area contributed by atoms with Crippen molar-refractivity contribution in [1.29, 1.82) is 0 Å². The Bertz CT molecular complexity index is 1200. The monoisotopic (exact) mass is 472 g/mol. The molecule has 8 nitrogen and oxygen atoms in total. The van der Waals surface area contributed by atoms with Gasteiger partial charge in [-0.2, -0.15) is 0 Å². The zero-order chi connectivity index (χ0) is 23.0. The van der Waals surface area contributed by atoms with Crippen LogP contribution < -0.4 is 0 Å². The lowest BCUT2D eigenvalue weighted by Crippen LogP contribution is -2.57. The number of hydrogen-bond acceptors (Lipinski definition) is 7. The van der Waals surface area contributed by atoms with Crippen molar-refractivity contribution in [2.75, 3.05) is 13.1 Å². The molecule has 3 heterocycles. The van der Waals surface area contributed by atoms with E-state index in [1.807, 2.05) is 25.1 Å². The Labute approximate surface area is 193 Å². The lowest BCUT2D eigenvalue weighted by atomic mass is 10.1. The standard InChI is InChI=1S/C22H21ClN4O4S/c1-12-9-27(13(2)8-26(12)10-14-6-4-3-5-7-14)21(29)17-19(23)25-20-16(24-17)15(11-32-20)18(28)22(30)31/h3-7,11-13H,8-10H2,1-2H3,(H,30,31)/t12-,13+/m0/s1. The van der Waals surface area contributed by atoms with Crippen molar-refractivity contribution in [2.45, 2.75) is 32.5 Å². The molecule has 0 unspecified atom stereocenters. The van der Waals surface area contributed by atoms with Gasteiger partial charge in [0.05, 0.1) is 5.56 Å². The molecule has 1 aromatic carbocycles. The zero-order valence-corrected chi connectivity index (χ0v) is 19.1. The van der Waals surface area contributed by atoms with Crippen LogP contribution in [0.5, 0.6) is 0 Å². The summed E-state index contributed by atoms with van der Waals surface area (Å²) in [6.45, 7) is 5.97. The molecular weight excluding hydrogens is 452 g/mol. The molecule has 3 aromatic rings. The van der Waals surface area contributed by atoms with Crippen molar-refractivity contribution >= 4 is 50.9 Å². The second-order valence-electron chi connectivity index (χ2n) is 7.87. The van der Waals surface area contributed by atoms with Crippen molar-refractivity contribution in [3.8, 4) is 0 Å². The maximum Gasteiger partial charge on any atom is 0.377 e. The molecule has 10 heteroatoms. The SMILES string of the molecule is C[C@@H]1CN(Cc2ccccc2)[C@@H](C)CN1C(=O)c1nc2c(C(=O)C(=O)O)csc2nc1Cl. The highest BCUT2D eigenvalue weighted by molar-refractivity contribution is 7.17. The number of nitrogens with zero attached hydrogens (tertiary/aromatic N) is 4. The number of carbonyl (C=O) groups is 3. The van der Waals surface area contributed by atoms with E-state index in [1.165, 1.54) is 10.9 Å². The molecule has 4 rings (SSSR count). The van der Waals surface area contributed by atoms with Crippen LogP contribution in [0.2, 0.25) is 5.15 Å². The highest BCUT2D eigenvalue weighted by Crippen LogP contribution is 2.28. The zero-order valence-electron chi connectivity index (χ0n) is 17.5. The molecule has 0 radical (unpaired) electrons. The molecule has 1 N–H and O–H groups in total. The number of amides is 1. The second-order valence-corrected chi connectivity index (χ2v) is 9.09. The normalized spacial score (nSPS) is 19.3. The van der Waals surface area contributed by atoms with Crippen LogP contribution in [0.4, 0.5) is 0 Å². The number of fused-ring (bicyclic) bond motifs is 1. The molecule has 1 saturated heterocycles. The quantitative estimate of drug-likeness (QED) is 0.448. The van der Waals surface area contributed by atoms with E-state index in [4.69, 9.17) is 16.7 Å². The number of aromatic nitrogens is 2. The number of benzene rings is 1. The number of thiophene rings is 1. The van der Waals surface area contributed by atoms with Crippen LogP contribution in [0.3, 0.4) is 0 Å². The van der Waals surface area contributed by atoms with Gasteiger partial charge in [0.15, 0.2) is 10.8 Å². The number of ketones is 1. The smallest absolute Gasteiger partial charge is 0.377 e. The third-order valence-electron chi connectivity index (χ3n) is 5.61. The van der Waals surface area contributed by atoms with Gasteiger partial charge in [0.2, 0.25) is 0 Å². The second kappa shape index (κ2) is 8.93. The Morgan fingerprint density at radius 3 is 2.53 bits per heavy atom. The minimum atomic E-state index is -1.59. The minimum absolute atomic E-state index is 0.0646. The number of piperazine rings is 1. The number of hydrogen-bond donors (Lipinski definition) is 1. The molecule has 0 spiro atoms. The number of rotatable bonds is 5. The van der Waals surface area contributed by atoms with Gasteiger partial charge in [-0.1, -0.05) is 41.9 Å². The average Bonchev–Trinajstić information content (AvgIpc) is 3.17. The lowest BCUT2D eigenvalue weighted by Gasteiger charge is -2.44. The van der Waals surface area contributed by atoms with Gasteiger partial charge in [0, 0.05) is 37.1 Å². The van der Waals surface area contributed by atoms with Gasteiger partial charge in [-0.25, -0.2) is 14.8 Å². The van der Waals surface area contributed by atoms with Crippen LogP contribution in [0, 0.1) is 0 Å². The molecule has 1 aliphatic rings. The van der Waals surface area contributed by atoms with Gasteiger partial charge in [-0.3, -0.25) is 14.5 Å². The molecule has 2 aromatic heterocycles. The fourth-order valence-electron chi connectivity index (χ4n) is 3.90. The van der Waals surface area contributed by atoms with Gasteiger partial charge in [0.1, 0.15) is 10.3 Å². The van der Waals surface area contributed by atoms with Gasteiger partial charge in [0.25, 0.3) is 11.7 Å². The van der Waals surface area contributed by atoms with Crippen molar-refractivity contribution in [3.63, 3.8) is 0 Å². The summed E-state index contributed by atoms with van der Waals surface area (Å²) in [4.78, 5) is 49.2. The largest absolute Gasteiger partial charge is 0.475 e. The topological polar surface area (TPSA) is 104 Å². The fourth-order valence-corrected chi connectivity index (χ4v) is 5.01. The van der Waals surface area contributed by atoms with Gasteiger partial charge >= 0.3 is 5.97 Å². The van der Waals surface area contributed by atoms with E-state index in [1.54, 1.807) is 4.90 Å². The lowest BCUT2D eigenvalue weighted by molar-refractivity contribution is -0.131. The van der Waals surface area contributed by atoms with E-state index in [-0.39, 0.29) is 39.9 Å². The van der Waals surface area contributed by atoms with Crippen LogP contribution in [0.1, 0.15) is 40.3 Å². The van der Waals surface area contributed by atoms with Crippen molar-refractivity contribution in [3.05, 3.63) is 57.7 Å². The van der Waals surface area contributed by atoms with Crippen molar-refractivity contribution < 1.29 is 19.5 Å². The molecule has 1 amide bonds. The fraction of sp³-hybridized carbons (Fsp3) is 0.318. The third kappa shape index (κ3) is 4.23. The maximum absolute atomic E-state index is 13.3. The number of halogens is 1. The van der Waals surface area contributed by atoms with Crippen molar-refractivity contribution in [2.24, 2.45) is 0 Å². The first-order valence-electron chi connectivity index (χ1n) is 10.1. The molecule has 0 saturated carbocycles. The molecule has 1 aliphatic heterocycles. The summed E-state index contributed by atoms with van der Waals surface area (Å²) in [6, 6.07) is 10.2. The number of carboxylic acids is 1. The Hall–Kier alpha value is -2.88. The first-order chi connectivity index (χ1) is 15.3. The van der Waals surface area contributed by atoms with Crippen LogP contribution in [0.15, 0.2) is 35.7 Å². The van der Waals surface area contributed by atoms with Crippen LogP contribution >= 0.6 is 22.9 Å². The Morgan fingerprint density at radius 1 is 1.12 bits per heavy atom. The molecule has 166 valence electrons. The first-order valence-corrected chi connectivity index (χ1v) is 11.3. The number of aliphatic carboxylic acids is 1. The predicted octanol–water partition coefficient (Wildman–Crippen LogP) is 3.35. The Kier molecular flexibility index (Phi) is 6.23. The molecule has 0 aliphatic carbocycles. The van der Waals surface area contributed by atoms with Gasteiger partial charge in [-0.15, -0.1) is 11.3 Å². The van der Waals surface area contributed by atoms with Crippen LogP contribution in [0.25, 0.3) is 10.3 Å². The highest BCUT2D eigenvalue weighted by atomic mass is 35.5. The van der Waals surface area contributed by atoms with E-state index in [0.717, 1.165) is 17.9 Å². The molecule has 32 heavy (non-hydrogen) atoms. The summed E-state index contributed by atoms with van der Waals surface area (Å²) in [7, 11) is 0. The summed E-state index contributed by atoms with van der Waals surface area (Å²) in [5, 5.41) is 10.4. The van der Waals surface area contributed by atoms with E-state index in [9.17, 15) is 14.4 Å². The average molecular weight is 473 g/mol. The maximum atomic E-state index is 13.3. The van der Waals surface area contributed by atoms with Crippen LogP contribution in [-0.2, 0) is 11.3 Å². The minimum Gasteiger partial charge on any atom is -0.475 e. The van der Waals surface area contributed by atoms with E-state index in [2.05, 4.69) is 33.9 Å².